The summed E-state index contributed by atoms with van der Waals surface area (Å²) in [6.45, 7) is 6.69. The normalized spacial score (nSPS) is 11.1. The number of hydrogen-bond acceptors (Lipinski definition) is 6. The van der Waals surface area contributed by atoms with Gasteiger partial charge in [0.25, 0.3) is 0 Å². The van der Waals surface area contributed by atoms with Crippen molar-refractivity contribution in [2.24, 2.45) is 0 Å². The van der Waals surface area contributed by atoms with Crippen LogP contribution in [0, 0.1) is 27.7 Å². The zero-order valence-electron chi connectivity index (χ0n) is 14.4. The molecule has 0 saturated heterocycles. The summed E-state index contributed by atoms with van der Waals surface area (Å²) in [5.41, 5.74) is 2.54. The Kier molecular flexibility index (Phi) is 9.27. The summed E-state index contributed by atoms with van der Waals surface area (Å²) < 4.78 is 63.9. The first kappa shape index (κ1) is 24.5. The molecule has 2 aromatic rings. The van der Waals surface area contributed by atoms with Crippen LogP contribution < -0.4 is 0 Å². The Morgan fingerprint density at radius 3 is 1.12 bits per heavy atom. The summed E-state index contributed by atoms with van der Waals surface area (Å²) in [6.07, 6.45) is 0. The summed E-state index contributed by atoms with van der Waals surface area (Å²) in [5.74, 6) is 0. The van der Waals surface area contributed by atoms with Gasteiger partial charge in [0, 0.05) is 0 Å². The predicted molar refractivity (Wildman–Crippen MR) is 93.5 cm³/mol. The number of hydrogen-bond donors (Lipinski definition) is 0. The van der Waals surface area contributed by atoms with Gasteiger partial charge in [-0.05, 0) is 62.1 Å². The summed E-state index contributed by atoms with van der Waals surface area (Å²) in [6, 6.07) is 9.56. The van der Waals surface area contributed by atoms with Crippen molar-refractivity contribution in [3.05, 3.63) is 58.7 Å². The molecule has 0 unspecified atom stereocenters. The molecule has 0 aliphatic heterocycles. The van der Waals surface area contributed by atoms with Crippen molar-refractivity contribution in [1.82, 2.24) is 0 Å². The summed E-state index contributed by atoms with van der Waals surface area (Å²) in [4.78, 5) is -0.245. The molecule has 132 valence electrons. The SMILES string of the molecule is Cc1ccc(C)c(S(=O)(=O)[O-])c1.Cc1ccc(C)c(S(=O)(=O)[O-])c1.[Ca+2]. The van der Waals surface area contributed by atoms with E-state index in [-0.39, 0.29) is 47.5 Å². The predicted octanol–water partition coefficient (Wildman–Crippen LogP) is 2.03. The van der Waals surface area contributed by atoms with Gasteiger partial charge in [-0.25, -0.2) is 16.8 Å². The third-order valence-electron chi connectivity index (χ3n) is 3.23. The molecule has 6 nitrogen and oxygen atoms in total. The zero-order chi connectivity index (χ0) is 18.7. The molecular formula is C16H18CaO6S2. The van der Waals surface area contributed by atoms with E-state index in [4.69, 9.17) is 0 Å². The van der Waals surface area contributed by atoms with Crippen LogP contribution in [0.2, 0.25) is 0 Å². The first-order chi connectivity index (χ1) is 10.8. The Labute approximate surface area is 178 Å². The van der Waals surface area contributed by atoms with E-state index in [1.165, 1.54) is 12.1 Å². The minimum Gasteiger partial charge on any atom is -0.744 e. The molecule has 0 aliphatic rings. The van der Waals surface area contributed by atoms with Crippen molar-refractivity contribution in [2.75, 3.05) is 0 Å². The molecule has 0 aliphatic carbocycles. The molecule has 0 amide bonds. The van der Waals surface area contributed by atoms with Gasteiger partial charge in [-0.1, -0.05) is 24.3 Å². The topological polar surface area (TPSA) is 114 Å². The van der Waals surface area contributed by atoms with Gasteiger partial charge in [-0.3, -0.25) is 0 Å². The van der Waals surface area contributed by atoms with Gasteiger partial charge in [0.2, 0.25) is 0 Å². The van der Waals surface area contributed by atoms with Crippen LogP contribution in [0.1, 0.15) is 22.3 Å². The van der Waals surface area contributed by atoms with Crippen molar-refractivity contribution >= 4 is 58.0 Å². The average molecular weight is 411 g/mol. The first-order valence-electron chi connectivity index (χ1n) is 6.88. The standard InChI is InChI=1S/2C8H10O3S.Ca/c2*1-6-3-4-7(2)8(5-6)12(9,10)11;/h2*3-5H,1-2H3,(H,9,10,11);/q;;+2/p-2. The molecule has 0 N–H and O–H groups in total. The number of benzene rings is 2. The van der Waals surface area contributed by atoms with Gasteiger partial charge >= 0.3 is 37.7 Å². The minimum absolute atomic E-state index is 0. The van der Waals surface area contributed by atoms with Crippen molar-refractivity contribution in [3.63, 3.8) is 0 Å². The van der Waals surface area contributed by atoms with E-state index in [0.717, 1.165) is 11.1 Å². The van der Waals surface area contributed by atoms with Gasteiger partial charge in [-0.15, -0.1) is 0 Å². The van der Waals surface area contributed by atoms with Gasteiger partial charge < -0.3 is 9.11 Å². The Morgan fingerprint density at radius 1 is 0.640 bits per heavy atom. The number of aryl methyl sites for hydroxylation is 4. The minimum atomic E-state index is -4.31. The van der Waals surface area contributed by atoms with Gasteiger partial charge in [0.1, 0.15) is 20.2 Å². The smallest absolute Gasteiger partial charge is 0.744 e. The Balaban J connectivity index is 0.000000443. The molecule has 0 radical (unpaired) electrons. The molecule has 25 heavy (non-hydrogen) atoms. The van der Waals surface area contributed by atoms with Crippen molar-refractivity contribution in [2.45, 2.75) is 37.5 Å². The quantitative estimate of drug-likeness (QED) is 0.553. The van der Waals surface area contributed by atoms with Crippen LogP contribution in [0.4, 0.5) is 0 Å². The maximum atomic E-state index is 10.7. The average Bonchev–Trinajstić information content (AvgIpc) is 2.42. The number of rotatable bonds is 2. The fraction of sp³-hybridized carbons (Fsp3) is 0.250. The van der Waals surface area contributed by atoms with E-state index in [2.05, 4.69) is 0 Å². The zero-order valence-corrected chi connectivity index (χ0v) is 18.3. The monoisotopic (exact) mass is 410 g/mol. The Morgan fingerprint density at radius 2 is 0.920 bits per heavy atom. The van der Waals surface area contributed by atoms with E-state index < -0.39 is 20.2 Å². The van der Waals surface area contributed by atoms with E-state index in [1.54, 1.807) is 52.0 Å². The van der Waals surface area contributed by atoms with E-state index in [0.29, 0.717) is 11.1 Å². The molecule has 2 aromatic carbocycles. The molecule has 0 fully saturated rings. The van der Waals surface area contributed by atoms with Crippen LogP contribution in [-0.4, -0.2) is 63.7 Å². The van der Waals surface area contributed by atoms with Gasteiger partial charge in [0.05, 0.1) is 9.79 Å². The largest absolute Gasteiger partial charge is 2.00 e. The van der Waals surface area contributed by atoms with Crippen LogP contribution in [0.25, 0.3) is 0 Å². The molecule has 0 atom stereocenters. The Hall–Kier alpha value is -0.480. The molecular weight excluding hydrogens is 392 g/mol. The second kappa shape index (κ2) is 9.45. The molecule has 2 rings (SSSR count). The Bertz CT molecular complexity index is 871. The summed E-state index contributed by atoms with van der Waals surface area (Å²) in [5, 5.41) is 0. The molecule has 0 bridgehead atoms. The molecule has 0 spiro atoms. The maximum Gasteiger partial charge on any atom is 2.00 e. The second-order valence-corrected chi connectivity index (χ2v) is 8.14. The van der Waals surface area contributed by atoms with Crippen LogP contribution in [-0.2, 0) is 20.2 Å². The van der Waals surface area contributed by atoms with Crippen LogP contribution in [0.5, 0.6) is 0 Å². The van der Waals surface area contributed by atoms with Crippen LogP contribution >= 0.6 is 0 Å². The van der Waals surface area contributed by atoms with Gasteiger partial charge in [-0.2, -0.15) is 0 Å². The molecule has 9 heteroatoms. The van der Waals surface area contributed by atoms with Crippen molar-refractivity contribution in [3.8, 4) is 0 Å². The van der Waals surface area contributed by atoms with Crippen LogP contribution in [0.3, 0.4) is 0 Å². The third-order valence-corrected chi connectivity index (χ3v) is 5.18. The molecule has 0 aromatic heterocycles. The fourth-order valence-corrected chi connectivity index (χ4v) is 3.54. The third kappa shape index (κ3) is 7.74. The van der Waals surface area contributed by atoms with Gasteiger partial charge in [0.15, 0.2) is 0 Å². The maximum absolute atomic E-state index is 10.7. The first-order valence-corrected chi connectivity index (χ1v) is 9.70. The van der Waals surface area contributed by atoms with Crippen molar-refractivity contribution < 1.29 is 25.9 Å². The van der Waals surface area contributed by atoms with Crippen LogP contribution in [0.15, 0.2) is 46.2 Å². The fourth-order valence-electron chi connectivity index (χ4n) is 1.95. The summed E-state index contributed by atoms with van der Waals surface area (Å²) in [7, 11) is -8.61. The van der Waals surface area contributed by atoms with E-state index >= 15 is 0 Å². The van der Waals surface area contributed by atoms with Crippen molar-refractivity contribution in [1.29, 1.82) is 0 Å². The van der Waals surface area contributed by atoms with E-state index in [9.17, 15) is 25.9 Å². The molecule has 0 heterocycles. The molecule has 0 saturated carbocycles. The van der Waals surface area contributed by atoms with E-state index in [1.807, 2.05) is 0 Å². The summed E-state index contributed by atoms with van der Waals surface area (Å²) >= 11 is 0. The second-order valence-electron chi connectivity index (χ2n) is 5.45.